The number of rotatable bonds is 6. The maximum absolute atomic E-state index is 11.9. The molecule has 1 aromatic rings. The first-order valence-corrected chi connectivity index (χ1v) is 6.74. The van der Waals surface area contributed by atoms with E-state index in [1.807, 2.05) is 6.92 Å². The van der Waals surface area contributed by atoms with Crippen LogP contribution in [0, 0.1) is 0 Å². The van der Waals surface area contributed by atoms with Crippen LogP contribution in [0.3, 0.4) is 0 Å². The van der Waals surface area contributed by atoms with Crippen molar-refractivity contribution in [1.82, 2.24) is 0 Å². The highest BCUT2D eigenvalue weighted by atomic mass is 32.2. The van der Waals surface area contributed by atoms with Crippen LogP contribution in [0.2, 0.25) is 0 Å². The van der Waals surface area contributed by atoms with Gasteiger partial charge in [-0.15, -0.1) is 13.2 Å². The van der Waals surface area contributed by atoms with Gasteiger partial charge in [-0.2, -0.15) is 11.8 Å². The Morgan fingerprint density at radius 1 is 1.28 bits per heavy atom. The number of halogens is 3. The second kappa shape index (κ2) is 6.89. The summed E-state index contributed by atoms with van der Waals surface area (Å²) < 4.78 is 39.6. The minimum Gasteiger partial charge on any atom is -0.406 e. The van der Waals surface area contributed by atoms with Crippen LogP contribution in [0.15, 0.2) is 24.3 Å². The molecule has 0 bridgehead atoms. The molecule has 2 nitrogen and oxygen atoms in total. The fourth-order valence-electron chi connectivity index (χ4n) is 1.23. The van der Waals surface area contributed by atoms with Gasteiger partial charge in [0.25, 0.3) is 0 Å². The molecule has 0 aromatic heterocycles. The molecule has 1 rings (SSSR count). The molecule has 18 heavy (non-hydrogen) atoms. The van der Waals surface area contributed by atoms with Crippen molar-refractivity contribution in [1.29, 1.82) is 0 Å². The Morgan fingerprint density at radius 3 is 2.39 bits per heavy atom. The van der Waals surface area contributed by atoms with Gasteiger partial charge >= 0.3 is 6.36 Å². The summed E-state index contributed by atoms with van der Waals surface area (Å²) >= 11 is 1.67. The van der Waals surface area contributed by atoms with Gasteiger partial charge in [-0.3, -0.25) is 0 Å². The van der Waals surface area contributed by atoms with Crippen molar-refractivity contribution >= 4 is 11.8 Å². The Bertz CT molecular complexity index is 353. The van der Waals surface area contributed by atoms with Crippen molar-refractivity contribution in [3.8, 4) is 5.75 Å². The molecule has 2 N–H and O–H groups in total. The van der Waals surface area contributed by atoms with Gasteiger partial charge in [-0.25, -0.2) is 0 Å². The second-order valence-corrected chi connectivity index (χ2v) is 4.91. The highest BCUT2D eigenvalue weighted by molar-refractivity contribution is 7.98. The van der Waals surface area contributed by atoms with E-state index in [4.69, 9.17) is 5.73 Å². The first-order chi connectivity index (χ1) is 8.40. The average molecular weight is 279 g/mol. The lowest BCUT2D eigenvalue weighted by molar-refractivity contribution is -0.274. The van der Waals surface area contributed by atoms with Crippen molar-refractivity contribution in [2.24, 2.45) is 5.73 Å². The van der Waals surface area contributed by atoms with Gasteiger partial charge < -0.3 is 10.5 Å². The Hall–Kier alpha value is -0.880. The quantitative estimate of drug-likeness (QED) is 0.864. The lowest BCUT2D eigenvalue weighted by Gasteiger charge is -2.10. The summed E-state index contributed by atoms with van der Waals surface area (Å²) in [6.07, 6.45) is -3.71. The Balaban J connectivity index is 2.41. The smallest absolute Gasteiger partial charge is 0.406 e. The molecule has 0 fully saturated rings. The minimum absolute atomic E-state index is 0.169. The zero-order chi connectivity index (χ0) is 13.6. The van der Waals surface area contributed by atoms with Gasteiger partial charge in [0.05, 0.1) is 0 Å². The van der Waals surface area contributed by atoms with E-state index < -0.39 is 6.36 Å². The molecule has 1 atom stereocenters. The number of hydrogen-bond donors (Lipinski definition) is 1. The zero-order valence-corrected chi connectivity index (χ0v) is 10.9. The molecule has 0 heterocycles. The standard InChI is InChI=1S/C12H16F3NOS/c1-2-10(16)8-18-7-9-3-5-11(6-4-9)17-12(13,14)15/h3-6,10H,2,7-8,16H2,1H3. The van der Waals surface area contributed by atoms with E-state index in [1.54, 1.807) is 23.9 Å². The van der Waals surface area contributed by atoms with Crippen LogP contribution >= 0.6 is 11.8 Å². The van der Waals surface area contributed by atoms with E-state index in [9.17, 15) is 13.2 Å². The Kier molecular flexibility index (Phi) is 5.81. The van der Waals surface area contributed by atoms with Crippen LogP contribution in [0.4, 0.5) is 13.2 Å². The minimum atomic E-state index is -4.63. The lowest BCUT2D eigenvalue weighted by atomic mass is 10.2. The molecule has 0 saturated carbocycles. The van der Waals surface area contributed by atoms with Gasteiger partial charge in [0.15, 0.2) is 0 Å². The summed E-state index contributed by atoms with van der Waals surface area (Å²) in [5.41, 5.74) is 6.72. The summed E-state index contributed by atoms with van der Waals surface area (Å²) in [5.74, 6) is 1.39. The Labute approximate surface area is 109 Å². The molecule has 0 aliphatic carbocycles. The molecular weight excluding hydrogens is 263 g/mol. The van der Waals surface area contributed by atoms with Gasteiger partial charge in [0.2, 0.25) is 0 Å². The predicted octanol–water partition coefficient (Wildman–Crippen LogP) is 3.56. The van der Waals surface area contributed by atoms with Crippen molar-refractivity contribution in [2.75, 3.05) is 5.75 Å². The maximum atomic E-state index is 11.9. The number of hydrogen-bond acceptors (Lipinski definition) is 3. The predicted molar refractivity (Wildman–Crippen MR) is 67.6 cm³/mol. The summed E-state index contributed by atoms with van der Waals surface area (Å²) in [5, 5.41) is 0. The van der Waals surface area contributed by atoms with Crippen LogP contribution in [0.25, 0.3) is 0 Å². The number of ether oxygens (including phenoxy) is 1. The van der Waals surface area contributed by atoms with Gasteiger partial charge in [0, 0.05) is 17.5 Å². The monoisotopic (exact) mass is 279 g/mol. The summed E-state index contributed by atoms with van der Waals surface area (Å²) in [4.78, 5) is 0. The third kappa shape index (κ3) is 6.16. The summed E-state index contributed by atoms with van der Waals surface area (Å²) in [7, 11) is 0. The van der Waals surface area contributed by atoms with E-state index in [1.165, 1.54) is 12.1 Å². The molecule has 0 spiro atoms. The molecule has 1 aromatic carbocycles. The fraction of sp³-hybridized carbons (Fsp3) is 0.500. The zero-order valence-electron chi connectivity index (χ0n) is 10.0. The van der Waals surface area contributed by atoms with E-state index >= 15 is 0 Å². The molecule has 1 unspecified atom stereocenters. The van der Waals surface area contributed by atoms with Crippen molar-refractivity contribution in [2.45, 2.75) is 31.5 Å². The first-order valence-electron chi connectivity index (χ1n) is 5.58. The van der Waals surface area contributed by atoms with Gasteiger partial charge in [-0.05, 0) is 24.1 Å². The number of benzene rings is 1. The van der Waals surface area contributed by atoms with Crippen LogP contribution in [-0.2, 0) is 5.75 Å². The number of thioether (sulfide) groups is 1. The van der Waals surface area contributed by atoms with E-state index in [0.717, 1.165) is 23.5 Å². The van der Waals surface area contributed by atoms with Gasteiger partial charge in [-0.1, -0.05) is 19.1 Å². The average Bonchev–Trinajstić information content (AvgIpc) is 2.29. The van der Waals surface area contributed by atoms with Crippen LogP contribution in [-0.4, -0.2) is 18.2 Å². The molecule has 102 valence electrons. The fourth-order valence-corrected chi connectivity index (χ4v) is 2.32. The molecule has 6 heteroatoms. The summed E-state index contributed by atoms with van der Waals surface area (Å²) in [6.45, 7) is 2.02. The van der Waals surface area contributed by atoms with Crippen LogP contribution in [0.1, 0.15) is 18.9 Å². The topological polar surface area (TPSA) is 35.2 Å². The third-order valence-electron chi connectivity index (χ3n) is 2.28. The SMILES string of the molecule is CCC(N)CSCc1ccc(OC(F)(F)F)cc1. The van der Waals surface area contributed by atoms with Crippen molar-refractivity contribution in [3.63, 3.8) is 0 Å². The van der Waals surface area contributed by atoms with E-state index in [2.05, 4.69) is 4.74 Å². The number of nitrogens with two attached hydrogens (primary N) is 1. The molecule has 0 radical (unpaired) electrons. The third-order valence-corrected chi connectivity index (χ3v) is 3.48. The number of alkyl halides is 3. The van der Waals surface area contributed by atoms with Crippen LogP contribution < -0.4 is 10.5 Å². The second-order valence-electron chi connectivity index (χ2n) is 3.88. The van der Waals surface area contributed by atoms with E-state index in [-0.39, 0.29) is 11.8 Å². The van der Waals surface area contributed by atoms with Gasteiger partial charge in [0.1, 0.15) is 5.75 Å². The molecule has 0 amide bonds. The van der Waals surface area contributed by atoms with Crippen LogP contribution in [0.5, 0.6) is 5.75 Å². The molecule has 0 saturated heterocycles. The largest absolute Gasteiger partial charge is 0.573 e. The lowest BCUT2D eigenvalue weighted by Crippen LogP contribution is -2.21. The van der Waals surface area contributed by atoms with Crippen molar-refractivity contribution < 1.29 is 17.9 Å². The normalized spacial score (nSPS) is 13.4. The first kappa shape index (κ1) is 15.2. The Morgan fingerprint density at radius 2 is 1.89 bits per heavy atom. The highest BCUT2D eigenvalue weighted by Gasteiger charge is 2.30. The summed E-state index contributed by atoms with van der Waals surface area (Å²) in [6, 6.07) is 6.08. The highest BCUT2D eigenvalue weighted by Crippen LogP contribution is 2.23. The molecule has 0 aliphatic rings. The molecular formula is C12H16F3NOS. The molecule has 0 aliphatic heterocycles. The maximum Gasteiger partial charge on any atom is 0.573 e. The van der Waals surface area contributed by atoms with E-state index in [0.29, 0.717) is 0 Å². The van der Waals surface area contributed by atoms with Crippen molar-refractivity contribution in [3.05, 3.63) is 29.8 Å².